The first-order chi connectivity index (χ1) is 9.38. The van der Waals surface area contributed by atoms with Crippen molar-refractivity contribution in [2.24, 2.45) is 5.16 Å². The molecule has 1 aliphatic rings. The summed E-state index contributed by atoms with van der Waals surface area (Å²) in [7, 11) is 2.22. The lowest BCUT2D eigenvalue weighted by molar-refractivity contribution is -0.159. The number of ether oxygens (including phenoxy) is 1. The third-order valence-corrected chi connectivity index (χ3v) is 2.30. The van der Waals surface area contributed by atoms with E-state index in [1.807, 2.05) is 10.6 Å². The van der Waals surface area contributed by atoms with Crippen molar-refractivity contribution in [1.82, 2.24) is 16.1 Å². The highest BCUT2D eigenvalue weighted by Gasteiger charge is 2.56. The number of hydrogen-bond donors (Lipinski definition) is 3. The molecule has 0 aliphatic carbocycles. The molecular weight excluding hydrogens is 276 g/mol. The van der Waals surface area contributed by atoms with Crippen molar-refractivity contribution in [3.8, 4) is 0 Å². The molecule has 5 amide bonds. The fourth-order valence-electron chi connectivity index (χ4n) is 1.37. The molecule has 0 unspecified atom stereocenters. The number of methoxy groups -OCH3 is 1. The predicted molar refractivity (Wildman–Crippen MR) is 61.2 cm³/mol. The molecule has 0 saturated carbocycles. The molecule has 1 saturated heterocycles. The molecule has 0 aromatic rings. The predicted octanol–water partition coefficient (Wildman–Crippen LogP) is -1.60. The number of carbonyl (C=O) groups is 4. The highest BCUT2D eigenvalue weighted by molar-refractivity contribution is 6.34. The molecule has 1 heterocycles. The number of hydrogen-bond acceptors (Lipinski definition) is 8. The number of oxime groups is 1. The van der Waals surface area contributed by atoms with Crippen LogP contribution in [0.2, 0.25) is 0 Å². The lowest BCUT2D eigenvalue weighted by Crippen LogP contribution is -2.72. The molecule has 0 bridgehead atoms. The lowest BCUT2D eigenvalue weighted by Gasteiger charge is -2.31. The summed E-state index contributed by atoms with van der Waals surface area (Å²) in [4.78, 5) is 55.1. The fraction of sp³-hybridized carbons (Fsp3) is 0.444. The molecule has 0 aromatic heterocycles. The second kappa shape index (κ2) is 5.97. The summed E-state index contributed by atoms with van der Waals surface area (Å²) in [6.45, 7) is 1.23. The Balaban J connectivity index is 3.16. The minimum atomic E-state index is -2.39. The van der Waals surface area contributed by atoms with Crippen molar-refractivity contribution in [3.63, 3.8) is 0 Å². The van der Waals surface area contributed by atoms with Crippen LogP contribution in [0.4, 0.5) is 9.59 Å². The van der Waals surface area contributed by atoms with Gasteiger partial charge >= 0.3 is 12.1 Å². The average molecular weight is 288 g/mol. The quantitative estimate of drug-likeness (QED) is 0.321. The molecule has 1 fully saturated rings. The maximum Gasteiger partial charge on any atom is 0.431 e. The number of barbiturate groups is 1. The summed E-state index contributed by atoms with van der Waals surface area (Å²) in [5.41, 5.74) is -0.914. The van der Waals surface area contributed by atoms with E-state index in [9.17, 15) is 19.2 Å². The third kappa shape index (κ3) is 2.66. The number of carbonyl (C=O) groups excluding carboxylic acids is 4. The Morgan fingerprint density at radius 3 is 2.20 bits per heavy atom. The Morgan fingerprint density at radius 2 is 1.75 bits per heavy atom. The highest BCUT2D eigenvalue weighted by Crippen LogP contribution is 2.17. The molecule has 0 radical (unpaired) electrons. The van der Waals surface area contributed by atoms with Gasteiger partial charge in [-0.25, -0.2) is 14.4 Å². The smallest absolute Gasteiger partial charge is 0.431 e. The normalized spacial score (nSPS) is 17.9. The summed E-state index contributed by atoms with van der Waals surface area (Å²) in [6.07, 6.45) is -1.06. The number of urea groups is 1. The first-order valence-electron chi connectivity index (χ1n) is 5.15. The van der Waals surface area contributed by atoms with Gasteiger partial charge in [-0.05, 0) is 6.92 Å². The zero-order valence-corrected chi connectivity index (χ0v) is 10.8. The van der Waals surface area contributed by atoms with E-state index >= 15 is 0 Å². The Labute approximate surface area is 112 Å². The molecule has 3 N–H and O–H groups in total. The summed E-state index contributed by atoms with van der Waals surface area (Å²) in [5, 5.41) is 7.05. The monoisotopic (exact) mass is 288 g/mol. The van der Waals surface area contributed by atoms with E-state index in [-0.39, 0.29) is 5.71 Å². The SMILES string of the molecule is CON=C(C)C1(ONC(=O)OC)C(=O)NC(=O)NC1=O. The second-order valence-corrected chi connectivity index (χ2v) is 3.47. The first-order valence-corrected chi connectivity index (χ1v) is 5.15. The molecule has 1 rings (SSSR count). The highest BCUT2D eigenvalue weighted by atomic mass is 16.7. The van der Waals surface area contributed by atoms with Crippen molar-refractivity contribution in [2.45, 2.75) is 12.5 Å². The molecular formula is C9H12N4O7. The van der Waals surface area contributed by atoms with Crippen LogP contribution in [0.5, 0.6) is 0 Å². The number of amides is 5. The van der Waals surface area contributed by atoms with Crippen molar-refractivity contribution in [1.29, 1.82) is 0 Å². The second-order valence-electron chi connectivity index (χ2n) is 3.47. The van der Waals surface area contributed by atoms with Gasteiger partial charge in [0.2, 0.25) is 0 Å². The summed E-state index contributed by atoms with van der Waals surface area (Å²) < 4.78 is 4.24. The van der Waals surface area contributed by atoms with Gasteiger partial charge in [0.05, 0.1) is 7.11 Å². The molecule has 0 aromatic carbocycles. The van der Waals surface area contributed by atoms with Crippen LogP contribution < -0.4 is 16.1 Å². The Kier molecular flexibility index (Phi) is 4.59. The van der Waals surface area contributed by atoms with Crippen molar-refractivity contribution in [3.05, 3.63) is 0 Å². The van der Waals surface area contributed by atoms with Crippen LogP contribution in [-0.4, -0.2) is 49.5 Å². The molecule has 11 heteroatoms. The minimum absolute atomic E-state index is 0.251. The van der Waals surface area contributed by atoms with Crippen LogP contribution in [0.3, 0.4) is 0 Å². The van der Waals surface area contributed by atoms with Gasteiger partial charge in [0, 0.05) is 0 Å². The van der Waals surface area contributed by atoms with E-state index < -0.39 is 29.5 Å². The maximum absolute atomic E-state index is 11.9. The number of nitrogens with zero attached hydrogens (tertiary/aromatic N) is 1. The van der Waals surface area contributed by atoms with E-state index in [1.54, 1.807) is 5.48 Å². The fourth-order valence-corrected chi connectivity index (χ4v) is 1.37. The summed E-state index contributed by atoms with van der Waals surface area (Å²) in [5.74, 6) is -2.28. The van der Waals surface area contributed by atoms with E-state index in [1.165, 1.54) is 14.0 Å². The molecule has 0 atom stereocenters. The van der Waals surface area contributed by atoms with Crippen LogP contribution in [0.25, 0.3) is 0 Å². The van der Waals surface area contributed by atoms with Crippen molar-refractivity contribution in [2.75, 3.05) is 14.2 Å². The van der Waals surface area contributed by atoms with Crippen LogP contribution in [0.15, 0.2) is 5.16 Å². The Bertz CT molecular complexity index is 467. The molecule has 1 aliphatic heterocycles. The molecule has 110 valence electrons. The zero-order valence-electron chi connectivity index (χ0n) is 10.8. The van der Waals surface area contributed by atoms with Crippen LogP contribution in [0.1, 0.15) is 6.92 Å². The van der Waals surface area contributed by atoms with E-state index in [4.69, 9.17) is 4.84 Å². The number of rotatable bonds is 4. The van der Waals surface area contributed by atoms with Crippen LogP contribution in [-0.2, 0) is 24.0 Å². The van der Waals surface area contributed by atoms with Crippen molar-refractivity contribution < 1.29 is 33.6 Å². The van der Waals surface area contributed by atoms with Gasteiger partial charge in [-0.3, -0.25) is 20.2 Å². The van der Waals surface area contributed by atoms with Gasteiger partial charge in [-0.15, -0.1) is 0 Å². The zero-order chi connectivity index (χ0) is 15.3. The van der Waals surface area contributed by atoms with E-state index in [2.05, 4.69) is 14.7 Å². The number of nitrogens with one attached hydrogen (secondary N) is 3. The summed E-state index contributed by atoms with van der Waals surface area (Å²) >= 11 is 0. The van der Waals surface area contributed by atoms with E-state index in [0.29, 0.717) is 0 Å². The lowest BCUT2D eigenvalue weighted by atomic mass is 9.94. The minimum Gasteiger partial charge on any atom is -0.451 e. The third-order valence-electron chi connectivity index (χ3n) is 2.30. The standard InChI is InChI=1S/C9H12N4O7/c1-4(12-19-3)9(20-13-8(17)18-2)5(14)10-7(16)11-6(9)15/h1-3H3,(H,13,17)(H2,10,11,14,15,16). The van der Waals surface area contributed by atoms with Crippen LogP contribution >= 0.6 is 0 Å². The number of imide groups is 2. The summed E-state index contributed by atoms with van der Waals surface area (Å²) in [6, 6.07) is -1.03. The molecule has 20 heavy (non-hydrogen) atoms. The van der Waals surface area contributed by atoms with Gasteiger partial charge in [0.15, 0.2) is 0 Å². The van der Waals surface area contributed by atoms with E-state index in [0.717, 1.165) is 7.11 Å². The molecule has 0 spiro atoms. The van der Waals surface area contributed by atoms with Gasteiger partial charge < -0.3 is 9.57 Å². The first kappa shape index (κ1) is 15.4. The van der Waals surface area contributed by atoms with Crippen LogP contribution in [0, 0.1) is 0 Å². The topological polar surface area (TPSA) is 144 Å². The van der Waals surface area contributed by atoms with Gasteiger partial charge in [0.25, 0.3) is 17.4 Å². The average Bonchev–Trinajstić information content (AvgIpc) is 2.37. The maximum atomic E-state index is 11.9. The number of hydroxylamine groups is 1. The Hall–Kier alpha value is -2.69. The molecule has 11 nitrogen and oxygen atoms in total. The van der Waals surface area contributed by atoms with Gasteiger partial charge in [0.1, 0.15) is 12.8 Å². The van der Waals surface area contributed by atoms with Gasteiger partial charge in [-0.1, -0.05) is 5.16 Å². The largest absolute Gasteiger partial charge is 0.451 e. The van der Waals surface area contributed by atoms with Gasteiger partial charge in [-0.2, -0.15) is 5.48 Å². The Morgan fingerprint density at radius 1 is 1.20 bits per heavy atom. The van der Waals surface area contributed by atoms with Crippen molar-refractivity contribution >= 4 is 29.7 Å².